The first-order valence-corrected chi connectivity index (χ1v) is 7.39. The van der Waals surface area contributed by atoms with Gasteiger partial charge in [-0.3, -0.25) is 14.5 Å². The van der Waals surface area contributed by atoms with Crippen LogP contribution in [0.3, 0.4) is 0 Å². The number of nitriles is 1. The van der Waals surface area contributed by atoms with Gasteiger partial charge in [0.2, 0.25) is 5.91 Å². The second-order valence-electron chi connectivity index (χ2n) is 5.83. The molecule has 0 aromatic rings. The standard InChI is InChI=1S/C14H19N5O2/c1-17-13(20)5-4-12(16-17)14(21)18-6-7-19(10-2-3-10)11(8-15)9-18/h10-11H,2-7,9H2,1H3. The highest BCUT2D eigenvalue weighted by Gasteiger charge is 2.39. The largest absolute Gasteiger partial charge is 0.334 e. The molecule has 0 aromatic heterocycles. The van der Waals surface area contributed by atoms with Gasteiger partial charge in [-0.1, -0.05) is 0 Å². The Morgan fingerprint density at radius 1 is 1.33 bits per heavy atom. The number of hydrazone groups is 1. The molecule has 3 rings (SSSR count). The van der Waals surface area contributed by atoms with Gasteiger partial charge in [0.1, 0.15) is 11.8 Å². The summed E-state index contributed by atoms with van der Waals surface area (Å²) in [4.78, 5) is 27.8. The first kappa shape index (κ1) is 14.0. The zero-order chi connectivity index (χ0) is 15.0. The van der Waals surface area contributed by atoms with Crippen LogP contribution in [-0.2, 0) is 9.59 Å². The van der Waals surface area contributed by atoms with E-state index in [0.29, 0.717) is 37.7 Å². The van der Waals surface area contributed by atoms with E-state index in [0.717, 1.165) is 19.4 Å². The van der Waals surface area contributed by atoms with Gasteiger partial charge in [-0.05, 0) is 12.8 Å². The van der Waals surface area contributed by atoms with E-state index in [1.165, 1.54) is 5.01 Å². The Hall–Kier alpha value is -1.94. The van der Waals surface area contributed by atoms with E-state index in [4.69, 9.17) is 0 Å². The highest BCUT2D eigenvalue weighted by Crippen LogP contribution is 2.30. The number of piperazine rings is 1. The molecule has 1 unspecified atom stereocenters. The van der Waals surface area contributed by atoms with Crippen molar-refractivity contribution in [3.8, 4) is 6.07 Å². The van der Waals surface area contributed by atoms with Crippen LogP contribution in [0.5, 0.6) is 0 Å². The molecule has 0 N–H and O–H groups in total. The maximum Gasteiger partial charge on any atom is 0.270 e. The van der Waals surface area contributed by atoms with Gasteiger partial charge in [0.05, 0.1) is 6.07 Å². The van der Waals surface area contributed by atoms with Crippen molar-refractivity contribution < 1.29 is 9.59 Å². The minimum Gasteiger partial charge on any atom is -0.334 e. The Bertz CT molecular complexity index is 534. The zero-order valence-electron chi connectivity index (χ0n) is 12.2. The summed E-state index contributed by atoms with van der Waals surface area (Å²) in [6.45, 7) is 1.81. The van der Waals surface area contributed by atoms with Crippen LogP contribution in [0, 0.1) is 11.3 Å². The Kier molecular flexibility index (Phi) is 3.64. The molecule has 0 radical (unpaired) electrons. The molecule has 112 valence electrons. The normalized spacial score (nSPS) is 27.3. The highest BCUT2D eigenvalue weighted by molar-refractivity contribution is 6.39. The van der Waals surface area contributed by atoms with Crippen molar-refractivity contribution in [2.75, 3.05) is 26.7 Å². The van der Waals surface area contributed by atoms with E-state index < -0.39 is 0 Å². The maximum absolute atomic E-state index is 12.5. The minimum atomic E-state index is -0.223. The summed E-state index contributed by atoms with van der Waals surface area (Å²) in [5.41, 5.74) is 0.425. The lowest BCUT2D eigenvalue weighted by atomic mass is 10.1. The third-order valence-electron chi connectivity index (χ3n) is 4.33. The number of nitrogens with zero attached hydrogens (tertiary/aromatic N) is 5. The lowest BCUT2D eigenvalue weighted by Crippen LogP contribution is -2.56. The summed E-state index contributed by atoms with van der Waals surface area (Å²) >= 11 is 0. The van der Waals surface area contributed by atoms with Gasteiger partial charge in [-0.15, -0.1) is 0 Å². The van der Waals surface area contributed by atoms with Crippen LogP contribution in [0.1, 0.15) is 25.7 Å². The van der Waals surface area contributed by atoms with E-state index in [1.807, 2.05) is 0 Å². The van der Waals surface area contributed by atoms with E-state index in [-0.39, 0.29) is 17.9 Å². The lowest BCUT2D eigenvalue weighted by Gasteiger charge is -2.38. The summed E-state index contributed by atoms with van der Waals surface area (Å²) < 4.78 is 0. The van der Waals surface area contributed by atoms with Gasteiger partial charge in [0, 0.05) is 45.6 Å². The molecule has 0 spiro atoms. The van der Waals surface area contributed by atoms with E-state index in [1.54, 1.807) is 11.9 Å². The molecular weight excluding hydrogens is 270 g/mol. The molecule has 1 aliphatic carbocycles. The fourth-order valence-corrected chi connectivity index (χ4v) is 2.95. The predicted molar refractivity (Wildman–Crippen MR) is 75.1 cm³/mol. The smallest absolute Gasteiger partial charge is 0.270 e. The van der Waals surface area contributed by atoms with Crippen LogP contribution in [0.4, 0.5) is 0 Å². The van der Waals surface area contributed by atoms with Gasteiger partial charge in [0.15, 0.2) is 0 Å². The van der Waals surface area contributed by atoms with Gasteiger partial charge in [-0.2, -0.15) is 10.4 Å². The molecule has 2 fully saturated rings. The summed E-state index contributed by atoms with van der Waals surface area (Å²) in [6.07, 6.45) is 3.03. The van der Waals surface area contributed by atoms with Crippen LogP contribution >= 0.6 is 0 Å². The fourth-order valence-electron chi connectivity index (χ4n) is 2.95. The minimum absolute atomic E-state index is 0.0694. The molecule has 2 amide bonds. The Morgan fingerprint density at radius 2 is 2.10 bits per heavy atom. The van der Waals surface area contributed by atoms with Crippen molar-refractivity contribution >= 4 is 17.5 Å². The summed E-state index contributed by atoms with van der Waals surface area (Å²) in [6, 6.07) is 2.61. The summed E-state index contributed by atoms with van der Waals surface area (Å²) in [5.74, 6) is -0.204. The van der Waals surface area contributed by atoms with Crippen LogP contribution in [0.15, 0.2) is 5.10 Å². The molecule has 1 saturated carbocycles. The van der Waals surface area contributed by atoms with E-state index in [9.17, 15) is 14.9 Å². The molecule has 2 aliphatic heterocycles. The zero-order valence-corrected chi connectivity index (χ0v) is 12.2. The first-order chi connectivity index (χ1) is 10.1. The Labute approximate surface area is 123 Å². The van der Waals surface area contributed by atoms with Crippen molar-refractivity contribution in [2.45, 2.75) is 37.8 Å². The van der Waals surface area contributed by atoms with Crippen LogP contribution in [0.25, 0.3) is 0 Å². The fraction of sp³-hybridized carbons (Fsp3) is 0.714. The quantitative estimate of drug-likeness (QED) is 0.704. The lowest BCUT2D eigenvalue weighted by molar-refractivity contribution is -0.131. The number of carbonyl (C=O) groups is 2. The Morgan fingerprint density at radius 3 is 2.71 bits per heavy atom. The van der Waals surface area contributed by atoms with Gasteiger partial charge >= 0.3 is 0 Å². The third-order valence-corrected chi connectivity index (χ3v) is 4.33. The Balaban J connectivity index is 1.67. The molecular formula is C14H19N5O2. The van der Waals surface area contributed by atoms with Crippen LogP contribution in [0.2, 0.25) is 0 Å². The molecule has 21 heavy (non-hydrogen) atoms. The van der Waals surface area contributed by atoms with E-state index >= 15 is 0 Å². The maximum atomic E-state index is 12.5. The van der Waals surface area contributed by atoms with Gasteiger partial charge < -0.3 is 4.90 Å². The summed E-state index contributed by atoms with van der Waals surface area (Å²) in [7, 11) is 1.57. The first-order valence-electron chi connectivity index (χ1n) is 7.39. The van der Waals surface area contributed by atoms with Crippen molar-refractivity contribution in [3.63, 3.8) is 0 Å². The van der Waals surface area contributed by atoms with Crippen molar-refractivity contribution in [3.05, 3.63) is 0 Å². The molecule has 0 aromatic carbocycles. The van der Waals surface area contributed by atoms with Crippen molar-refractivity contribution in [1.82, 2.24) is 14.8 Å². The highest BCUT2D eigenvalue weighted by atomic mass is 16.2. The number of rotatable bonds is 2. The van der Waals surface area contributed by atoms with Gasteiger partial charge in [0.25, 0.3) is 5.91 Å². The molecule has 7 nitrogen and oxygen atoms in total. The monoisotopic (exact) mass is 289 g/mol. The average molecular weight is 289 g/mol. The molecule has 2 heterocycles. The number of carbonyl (C=O) groups excluding carboxylic acids is 2. The number of hydrogen-bond acceptors (Lipinski definition) is 5. The van der Waals surface area contributed by atoms with Crippen molar-refractivity contribution in [1.29, 1.82) is 5.26 Å². The van der Waals surface area contributed by atoms with E-state index in [2.05, 4.69) is 16.1 Å². The SMILES string of the molecule is CN1N=C(C(=O)N2CCN(C3CC3)C(C#N)C2)CCC1=O. The second kappa shape index (κ2) is 5.45. The van der Waals surface area contributed by atoms with Crippen molar-refractivity contribution in [2.24, 2.45) is 5.10 Å². The third kappa shape index (κ3) is 2.76. The topological polar surface area (TPSA) is 80.0 Å². The number of hydrogen-bond donors (Lipinski definition) is 0. The summed E-state index contributed by atoms with van der Waals surface area (Å²) in [5, 5.41) is 14.6. The molecule has 1 saturated heterocycles. The number of amides is 2. The molecule has 7 heteroatoms. The van der Waals surface area contributed by atoms with Crippen LogP contribution in [-0.4, -0.2) is 71.1 Å². The van der Waals surface area contributed by atoms with Crippen LogP contribution < -0.4 is 0 Å². The predicted octanol–water partition coefficient (Wildman–Crippen LogP) is -0.207. The molecule has 1 atom stereocenters. The average Bonchev–Trinajstić information content (AvgIpc) is 3.33. The van der Waals surface area contributed by atoms with Gasteiger partial charge in [-0.25, -0.2) is 5.01 Å². The second-order valence-corrected chi connectivity index (χ2v) is 5.83. The molecule has 0 bridgehead atoms. The molecule has 3 aliphatic rings.